The average Bonchev–Trinajstić information content (AvgIpc) is 2.48. The first-order valence-corrected chi connectivity index (χ1v) is 8.25. The number of sulfone groups is 1. The Labute approximate surface area is 114 Å². The fraction of sp³-hybridized carbons (Fsp3) is 0.818. The summed E-state index contributed by atoms with van der Waals surface area (Å²) in [5, 5.41) is 0. The minimum Gasteiger partial charge on any atom is -0.392 e. The molecule has 1 amide bonds. The van der Waals surface area contributed by atoms with E-state index in [0.29, 0.717) is 19.4 Å². The van der Waals surface area contributed by atoms with E-state index >= 15 is 0 Å². The maximum atomic E-state index is 12.4. The molecule has 18 heavy (non-hydrogen) atoms. The molecule has 2 N–H and O–H groups in total. The van der Waals surface area contributed by atoms with Crippen molar-refractivity contribution in [1.82, 2.24) is 4.90 Å². The molecule has 0 aromatic heterocycles. The first-order valence-electron chi connectivity index (χ1n) is 6.02. The zero-order valence-electron chi connectivity index (χ0n) is 10.8. The molecule has 1 atom stereocenters. The average molecular weight is 292 g/mol. The SMILES string of the molecule is CCC(C)(C(=O)N1CCCS(=O)(=O)CC1)C(N)=S. The minimum atomic E-state index is -3.02. The normalized spacial score (nSPS) is 22.9. The highest BCUT2D eigenvalue weighted by atomic mass is 32.2. The molecule has 5 nitrogen and oxygen atoms in total. The molecule has 1 saturated heterocycles. The van der Waals surface area contributed by atoms with Crippen LogP contribution in [0.3, 0.4) is 0 Å². The van der Waals surface area contributed by atoms with E-state index in [4.69, 9.17) is 18.0 Å². The van der Waals surface area contributed by atoms with Gasteiger partial charge < -0.3 is 10.6 Å². The lowest BCUT2D eigenvalue weighted by atomic mass is 9.85. The van der Waals surface area contributed by atoms with Gasteiger partial charge in [0.2, 0.25) is 5.91 Å². The summed E-state index contributed by atoms with van der Waals surface area (Å²) in [4.78, 5) is 14.2. The summed E-state index contributed by atoms with van der Waals surface area (Å²) in [5.41, 5.74) is 4.78. The molecule has 0 radical (unpaired) electrons. The van der Waals surface area contributed by atoms with Crippen molar-refractivity contribution >= 4 is 33.0 Å². The van der Waals surface area contributed by atoms with Crippen LogP contribution in [0.5, 0.6) is 0 Å². The Balaban J connectivity index is 2.87. The lowest BCUT2D eigenvalue weighted by molar-refractivity contribution is -0.137. The van der Waals surface area contributed by atoms with Crippen molar-refractivity contribution in [2.24, 2.45) is 11.1 Å². The Bertz CT molecular complexity index is 447. The first kappa shape index (κ1) is 15.4. The van der Waals surface area contributed by atoms with E-state index in [-0.39, 0.29) is 28.9 Å². The molecular weight excluding hydrogens is 272 g/mol. The number of carbonyl (C=O) groups excluding carboxylic acids is 1. The third kappa shape index (κ3) is 3.20. The van der Waals surface area contributed by atoms with Crippen LogP contribution in [0.2, 0.25) is 0 Å². The Hall–Kier alpha value is -0.690. The molecule has 0 saturated carbocycles. The zero-order chi connectivity index (χ0) is 14.0. The number of carbonyl (C=O) groups is 1. The lowest BCUT2D eigenvalue weighted by Crippen LogP contribution is -2.49. The molecule has 1 unspecified atom stereocenters. The number of nitrogens with zero attached hydrogens (tertiary/aromatic N) is 1. The van der Waals surface area contributed by atoms with Crippen LogP contribution in [-0.4, -0.2) is 48.8 Å². The van der Waals surface area contributed by atoms with E-state index in [0.717, 1.165) is 0 Å². The van der Waals surface area contributed by atoms with Gasteiger partial charge in [-0.1, -0.05) is 19.1 Å². The number of rotatable bonds is 3. The van der Waals surface area contributed by atoms with Crippen molar-refractivity contribution in [3.05, 3.63) is 0 Å². The van der Waals surface area contributed by atoms with Gasteiger partial charge in [-0.2, -0.15) is 0 Å². The molecule has 1 heterocycles. The number of hydrogen-bond donors (Lipinski definition) is 1. The Morgan fingerprint density at radius 1 is 1.39 bits per heavy atom. The van der Waals surface area contributed by atoms with E-state index in [1.807, 2.05) is 6.92 Å². The second-order valence-corrected chi connectivity index (χ2v) is 7.59. The summed E-state index contributed by atoms with van der Waals surface area (Å²) in [6.07, 6.45) is 0.996. The molecule has 1 aliphatic rings. The summed E-state index contributed by atoms with van der Waals surface area (Å²) in [6, 6.07) is 0. The third-order valence-corrected chi connectivity index (χ3v) is 5.73. The largest absolute Gasteiger partial charge is 0.392 e. The summed E-state index contributed by atoms with van der Waals surface area (Å²) in [7, 11) is -3.02. The highest BCUT2D eigenvalue weighted by molar-refractivity contribution is 7.91. The van der Waals surface area contributed by atoms with Gasteiger partial charge in [0.15, 0.2) is 9.84 Å². The molecule has 1 fully saturated rings. The first-order chi connectivity index (χ1) is 8.23. The summed E-state index contributed by atoms with van der Waals surface area (Å²) in [5.74, 6) is 0.0114. The van der Waals surface area contributed by atoms with Crippen LogP contribution in [0.4, 0.5) is 0 Å². The van der Waals surface area contributed by atoms with Crippen LogP contribution in [0.25, 0.3) is 0 Å². The van der Waals surface area contributed by atoms with Gasteiger partial charge in [-0.15, -0.1) is 0 Å². The predicted molar refractivity (Wildman–Crippen MR) is 75.0 cm³/mol. The molecule has 104 valence electrons. The summed E-state index contributed by atoms with van der Waals surface area (Å²) < 4.78 is 23.0. The number of nitrogens with two attached hydrogens (primary N) is 1. The van der Waals surface area contributed by atoms with Crippen LogP contribution in [0.15, 0.2) is 0 Å². The van der Waals surface area contributed by atoms with E-state index in [2.05, 4.69) is 0 Å². The van der Waals surface area contributed by atoms with E-state index in [1.54, 1.807) is 11.8 Å². The van der Waals surface area contributed by atoms with Gasteiger partial charge in [0.05, 0.1) is 21.9 Å². The molecule has 0 aromatic carbocycles. The van der Waals surface area contributed by atoms with E-state index < -0.39 is 15.3 Å². The van der Waals surface area contributed by atoms with Crippen LogP contribution in [-0.2, 0) is 14.6 Å². The van der Waals surface area contributed by atoms with Crippen LogP contribution in [0, 0.1) is 5.41 Å². The summed E-state index contributed by atoms with van der Waals surface area (Å²) in [6.45, 7) is 4.26. The monoisotopic (exact) mass is 292 g/mol. The predicted octanol–water partition coefficient (Wildman–Crippen LogP) is 0.336. The quantitative estimate of drug-likeness (QED) is 0.759. The Morgan fingerprint density at radius 3 is 2.50 bits per heavy atom. The number of thiocarbonyl (C=S) groups is 1. The van der Waals surface area contributed by atoms with Gasteiger partial charge >= 0.3 is 0 Å². The third-order valence-electron chi connectivity index (χ3n) is 3.57. The standard InChI is InChI=1S/C11H20N2O3S2/c1-3-11(2,9(12)17)10(14)13-5-4-7-18(15,16)8-6-13/h3-8H2,1-2H3,(H2,12,17). The van der Waals surface area contributed by atoms with Gasteiger partial charge in [-0.25, -0.2) is 8.42 Å². The van der Waals surface area contributed by atoms with Crippen molar-refractivity contribution in [3.63, 3.8) is 0 Å². The summed E-state index contributed by atoms with van der Waals surface area (Å²) >= 11 is 4.97. The van der Waals surface area contributed by atoms with Crippen molar-refractivity contribution in [2.75, 3.05) is 24.6 Å². The van der Waals surface area contributed by atoms with Gasteiger partial charge in [0, 0.05) is 13.1 Å². The van der Waals surface area contributed by atoms with Crippen molar-refractivity contribution in [3.8, 4) is 0 Å². The highest BCUT2D eigenvalue weighted by Crippen LogP contribution is 2.25. The van der Waals surface area contributed by atoms with Crippen molar-refractivity contribution < 1.29 is 13.2 Å². The molecule has 0 bridgehead atoms. The van der Waals surface area contributed by atoms with Crippen LogP contribution < -0.4 is 5.73 Å². The van der Waals surface area contributed by atoms with Crippen molar-refractivity contribution in [1.29, 1.82) is 0 Å². The van der Waals surface area contributed by atoms with E-state index in [9.17, 15) is 13.2 Å². The molecule has 0 spiro atoms. The molecule has 0 aliphatic carbocycles. The minimum absolute atomic E-state index is 0.0237. The van der Waals surface area contributed by atoms with Gasteiger partial charge in [-0.05, 0) is 19.8 Å². The molecule has 1 aliphatic heterocycles. The smallest absolute Gasteiger partial charge is 0.235 e. The maximum absolute atomic E-state index is 12.4. The fourth-order valence-electron chi connectivity index (χ4n) is 1.92. The number of amides is 1. The van der Waals surface area contributed by atoms with Gasteiger partial charge in [0.25, 0.3) is 0 Å². The van der Waals surface area contributed by atoms with Crippen molar-refractivity contribution in [2.45, 2.75) is 26.7 Å². The van der Waals surface area contributed by atoms with Crippen LogP contribution >= 0.6 is 12.2 Å². The molecule has 7 heteroatoms. The zero-order valence-corrected chi connectivity index (χ0v) is 12.4. The second kappa shape index (κ2) is 5.52. The Kier molecular flexibility index (Phi) is 4.72. The second-order valence-electron chi connectivity index (χ2n) is 4.85. The molecular formula is C11H20N2O3S2. The van der Waals surface area contributed by atoms with E-state index in [1.165, 1.54) is 0 Å². The molecule has 0 aromatic rings. The fourth-order valence-corrected chi connectivity index (χ4v) is 3.42. The van der Waals surface area contributed by atoms with Gasteiger partial charge in [0.1, 0.15) is 0 Å². The molecule has 1 rings (SSSR count). The lowest BCUT2D eigenvalue weighted by Gasteiger charge is -2.32. The van der Waals surface area contributed by atoms with Gasteiger partial charge in [-0.3, -0.25) is 4.79 Å². The van der Waals surface area contributed by atoms with Crippen LogP contribution in [0.1, 0.15) is 26.7 Å². The maximum Gasteiger partial charge on any atom is 0.235 e. The Morgan fingerprint density at radius 2 is 2.00 bits per heavy atom. The topological polar surface area (TPSA) is 80.5 Å². The number of hydrogen-bond acceptors (Lipinski definition) is 4. The highest BCUT2D eigenvalue weighted by Gasteiger charge is 2.38.